The number of hydrogen-bond donors (Lipinski definition) is 1. The van der Waals surface area contributed by atoms with E-state index < -0.39 is 16.5 Å². The number of nitro benzene ring substituents is 1. The van der Waals surface area contributed by atoms with Gasteiger partial charge in [-0.05, 0) is 11.5 Å². The van der Waals surface area contributed by atoms with Crippen LogP contribution >= 0.6 is 23.4 Å². The van der Waals surface area contributed by atoms with Crippen molar-refractivity contribution in [2.24, 2.45) is 0 Å². The van der Waals surface area contributed by atoms with E-state index >= 15 is 0 Å². The molecule has 0 saturated carbocycles. The van der Waals surface area contributed by atoms with Crippen LogP contribution in [-0.2, 0) is 0 Å². The Hall–Kier alpha value is -1.41. The summed E-state index contributed by atoms with van der Waals surface area (Å²) in [7, 11) is 0. The van der Waals surface area contributed by atoms with Gasteiger partial charge in [0.15, 0.2) is 5.37 Å². The molecule has 0 fully saturated rings. The van der Waals surface area contributed by atoms with Gasteiger partial charge in [0, 0.05) is 17.7 Å². The standard InChI is InChI=1S/C10H6ClF3N2O2S.C2H6/c11-7-3-5(16(17)18)1-2-6(7)8-4-19-9(15-8)10(12,13)14;1-2/h1-4,9,15H;1-2H3. The number of alkyl halides is 3. The number of nitrogens with zero attached hydrogens (tertiary/aromatic N) is 1. The maximum Gasteiger partial charge on any atom is 0.418 e. The molecule has 1 N–H and O–H groups in total. The molecule has 0 saturated heterocycles. The van der Waals surface area contributed by atoms with Gasteiger partial charge in [0.05, 0.1) is 15.6 Å². The molecule has 0 amide bonds. The van der Waals surface area contributed by atoms with Crippen molar-refractivity contribution in [1.82, 2.24) is 5.32 Å². The fourth-order valence-corrected chi connectivity index (χ4v) is 2.57. The van der Waals surface area contributed by atoms with Gasteiger partial charge in [-0.1, -0.05) is 37.2 Å². The predicted molar refractivity (Wildman–Crippen MR) is 78.0 cm³/mol. The Kier molecular flexibility index (Phi) is 5.91. The van der Waals surface area contributed by atoms with Crippen molar-refractivity contribution < 1.29 is 18.1 Å². The summed E-state index contributed by atoms with van der Waals surface area (Å²) in [6, 6.07) is 3.61. The zero-order valence-corrected chi connectivity index (χ0v) is 12.6. The maximum absolute atomic E-state index is 12.5. The van der Waals surface area contributed by atoms with Crippen LogP contribution in [0.15, 0.2) is 23.6 Å². The smallest absolute Gasteiger partial charge is 0.365 e. The Morgan fingerprint density at radius 2 is 2.00 bits per heavy atom. The number of halogens is 4. The molecule has 4 nitrogen and oxygen atoms in total. The van der Waals surface area contributed by atoms with Gasteiger partial charge >= 0.3 is 6.18 Å². The molecule has 9 heteroatoms. The topological polar surface area (TPSA) is 55.2 Å². The lowest BCUT2D eigenvalue weighted by atomic mass is 10.1. The van der Waals surface area contributed by atoms with Gasteiger partial charge in [-0.15, -0.1) is 0 Å². The molecule has 1 atom stereocenters. The quantitative estimate of drug-likeness (QED) is 0.620. The first-order valence-corrected chi connectivity index (χ1v) is 7.24. The van der Waals surface area contributed by atoms with Crippen molar-refractivity contribution in [1.29, 1.82) is 0 Å². The molecule has 0 bridgehead atoms. The summed E-state index contributed by atoms with van der Waals surface area (Å²) in [5.74, 6) is 0. The first-order valence-electron chi connectivity index (χ1n) is 5.92. The molecule has 0 radical (unpaired) electrons. The van der Waals surface area contributed by atoms with E-state index in [9.17, 15) is 23.3 Å². The van der Waals surface area contributed by atoms with Crippen molar-refractivity contribution >= 4 is 34.7 Å². The summed E-state index contributed by atoms with van der Waals surface area (Å²) < 4.78 is 37.4. The largest absolute Gasteiger partial charge is 0.418 e. The molecule has 0 aromatic heterocycles. The van der Waals surface area contributed by atoms with E-state index in [0.29, 0.717) is 17.3 Å². The molecular formula is C12H12ClF3N2O2S. The minimum atomic E-state index is -4.38. The van der Waals surface area contributed by atoms with E-state index in [1.165, 1.54) is 17.5 Å². The second kappa shape index (κ2) is 7.04. The van der Waals surface area contributed by atoms with Crippen molar-refractivity contribution in [3.05, 3.63) is 44.3 Å². The molecule has 2 rings (SSSR count). The minimum absolute atomic E-state index is 0.0244. The van der Waals surface area contributed by atoms with Crippen LogP contribution in [0, 0.1) is 10.1 Å². The number of non-ortho nitro benzene ring substituents is 1. The van der Waals surface area contributed by atoms with Gasteiger partial charge in [-0.25, -0.2) is 0 Å². The Morgan fingerprint density at radius 1 is 1.38 bits per heavy atom. The van der Waals surface area contributed by atoms with Crippen LogP contribution < -0.4 is 5.32 Å². The average Bonchev–Trinajstić information content (AvgIpc) is 2.90. The summed E-state index contributed by atoms with van der Waals surface area (Å²) in [4.78, 5) is 9.91. The lowest BCUT2D eigenvalue weighted by Gasteiger charge is -2.16. The third kappa shape index (κ3) is 4.28. The highest BCUT2D eigenvalue weighted by atomic mass is 35.5. The van der Waals surface area contributed by atoms with Gasteiger partial charge in [-0.2, -0.15) is 13.2 Å². The van der Waals surface area contributed by atoms with Crippen LogP contribution in [0.4, 0.5) is 18.9 Å². The van der Waals surface area contributed by atoms with E-state index in [4.69, 9.17) is 11.6 Å². The van der Waals surface area contributed by atoms with Crippen LogP contribution in [0.3, 0.4) is 0 Å². The van der Waals surface area contributed by atoms with E-state index in [2.05, 4.69) is 5.32 Å². The highest BCUT2D eigenvalue weighted by molar-refractivity contribution is 8.03. The zero-order valence-electron chi connectivity index (χ0n) is 11.1. The Balaban J connectivity index is 0.00000106. The maximum atomic E-state index is 12.5. The molecule has 0 aliphatic carbocycles. The van der Waals surface area contributed by atoms with E-state index in [0.717, 1.165) is 6.07 Å². The fourth-order valence-electron chi connectivity index (χ4n) is 1.48. The molecular weight excluding hydrogens is 329 g/mol. The number of nitrogens with one attached hydrogen (secondary N) is 1. The van der Waals surface area contributed by atoms with Gasteiger partial charge < -0.3 is 5.32 Å². The molecule has 1 aliphatic rings. The van der Waals surface area contributed by atoms with E-state index in [1.54, 1.807) is 0 Å². The van der Waals surface area contributed by atoms with Gasteiger partial charge in [0.25, 0.3) is 5.69 Å². The van der Waals surface area contributed by atoms with Gasteiger partial charge in [-0.3, -0.25) is 10.1 Å². The van der Waals surface area contributed by atoms with Crippen molar-refractivity contribution in [2.75, 3.05) is 0 Å². The normalized spacial score (nSPS) is 17.4. The van der Waals surface area contributed by atoms with Crippen LogP contribution in [0.2, 0.25) is 5.02 Å². The summed E-state index contributed by atoms with van der Waals surface area (Å²) in [6.45, 7) is 4.00. The Morgan fingerprint density at radius 3 is 2.43 bits per heavy atom. The first-order chi connectivity index (χ1) is 9.79. The van der Waals surface area contributed by atoms with Crippen molar-refractivity contribution in [3.8, 4) is 0 Å². The van der Waals surface area contributed by atoms with Crippen LogP contribution in [0.5, 0.6) is 0 Å². The number of rotatable bonds is 2. The molecule has 1 aliphatic heterocycles. The van der Waals surface area contributed by atoms with Crippen LogP contribution in [0.1, 0.15) is 19.4 Å². The van der Waals surface area contributed by atoms with Crippen LogP contribution in [0.25, 0.3) is 5.70 Å². The summed E-state index contributed by atoms with van der Waals surface area (Å²) in [5.41, 5.74) is 0.283. The lowest BCUT2D eigenvalue weighted by Crippen LogP contribution is -2.35. The molecule has 1 heterocycles. The second-order valence-electron chi connectivity index (χ2n) is 3.65. The average molecular weight is 341 g/mol. The lowest BCUT2D eigenvalue weighted by molar-refractivity contribution is -0.384. The van der Waals surface area contributed by atoms with Gasteiger partial charge in [0.2, 0.25) is 0 Å². The third-order valence-electron chi connectivity index (χ3n) is 2.36. The number of thioether (sulfide) groups is 1. The first kappa shape index (κ1) is 17.6. The van der Waals surface area contributed by atoms with Crippen LogP contribution in [-0.4, -0.2) is 16.5 Å². The van der Waals surface area contributed by atoms with Crippen molar-refractivity contribution in [2.45, 2.75) is 25.4 Å². The molecule has 1 aromatic carbocycles. The predicted octanol–water partition coefficient (Wildman–Crippen LogP) is 4.80. The molecule has 116 valence electrons. The zero-order chi connectivity index (χ0) is 16.2. The highest BCUT2D eigenvalue weighted by Crippen LogP contribution is 2.38. The minimum Gasteiger partial charge on any atom is -0.365 e. The Labute approximate surface area is 128 Å². The number of nitro groups is 1. The molecule has 1 unspecified atom stereocenters. The highest BCUT2D eigenvalue weighted by Gasteiger charge is 2.42. The monoisotopic (exact) mass is 340 g/mol. The summed E-state index contributed by atoms with van der Waals surface area (Å²) in [6.07, 6.45) is -4.38. The number of hydrogen-bond acceptors (Lipinski definition) is 4. The second-order valence-corrected chi connectivity index (χ2v) is 5.04. The van der Waals surface area contributed by atoms with Crippen molar-refractivity contribution in [3.63, 3.8) is 0 Å². The molecule has 1 aromatic rings. The SMILES string of the molecule is CC.O=[N+]([O-])c1ccc(C2=CSC(C(F)(F)F)N2)c(Cl)c1. The molecule has 0 spiro atoms. The third-order valence-corrected chi connectivity index (χ3v) is 3.70. The summed E-state index contributed by atoms with van der Waals surface area (Å²) in [5, 5.41) is 12.4. The van der Waals surface area contributed by atoms with E-state index in [-0.39, 0.29) is 16.4 Å². The Bertz CT molecular complexity index is 564. The van der Waals surface area contributed by atoms with Gasteiger partial charge in [0.1, 0.15) is 0 Å². The summed E-state index contributed by atoms with van der Waals surface area (Å²) >= 11 is 6.42. The molecule has 21 heavy (non-hydrogen) atoms. The van der Waals surface area contributed by atoms with E-state index in [1.807, 2.05) is 13.8 Å². The number of benzene rings is 1. The fraction of sp³-hybridized carbons (Fsp3) is 0.333.